The molecule has 4 aliphatic rings. The fraction of sp³-hybridized carbons (Fsp3) is 0.659. The highest BCUT2D eigenvalue weighted by atomic mass is 16.5. The van der Waals surface area contributed by atoms with E-state index in [0.717, 1.165) is 56.3 Å². The number of likely N-dealkylation sites (tertiary alicyclic amines) is 1. The van der Waals surface area contributed by atoms with Crippen LogP contribution in [0.15, 0.2) is 78.6 Å². The number of hydrogen-bond donors (Lipinski definition) is 16. The van der Waals surface area contributed by atoms with Gasteiger partial charge in [0.15, 0.2) is 5.96 Å². The number of aliphatic hydroxyl groups is 1. The molecule has 3 fully saturated rings. The second kappa shape index (κ2) is 57.3. The van der Waals surface area contributed by atoms with E-state index in [9.17, 15) is 62.6 Å². The van der Waals surface area contributed by atoms with Crippen molar-refractivity contribution < 1.29 is 91.5 Å². The van der Waals surface area contributed by atoms with Gasteiger partial charge in [-0.3, -0.25) is 67.7 Å². The van der Waals surface area contributed by atoms with Crippen LogP contribution in [0.5, 0.6) is 0 Å². The predicted molar refractivity (Wildman–Crippen MR) is 436 cm³/mol. The highest BCUT2D eigenvalue weighted by molar-refractivity contribution is 5.99. The summed E-state index contributed by atoms with van der Waals surface area (Å²) in [5, 5.41) is 58.4. The zero-order chi connectivity index (χ0) is 85.0. The molecule has 0 spiro atoms. The number of nitrogens with one attached hydrogen (secondary N) is 12. The summed E-state index contributed by atoms with van der Waals surface area (Å²) in [6.07, 6.45) is 22.1. The molecule has 12 amide bonds. The first-order chi connectivity index (χ1) is 56.4. The van der Waals surface area contributed by atoms with Crippen molar-refractivity contribution in [3.05, 3.63) is 84.1 Å². The number of primary amides is 1. The molecule has 652 valence electrons. The number of aliphatic carboxylic acids is 1. The molecule has 1 aromatic carbocycles. The van der Waals surface area contributed by atoms with E-state index in [0.29, 0.717) is 62.1 Å². The van der Waals surface area contributed by atoms with Crippen molar-refractivity contribution in [3.8, 4) is 0 Å². The topological polar surface area (TPSA) is 514 Å². The molecule has 0 aromatic heterocycles. The number of carboxylic acids is 1. The van der Waals surface area contributed by atoms with E-state index in [1.54, 1.807) is 54.8 Å². The van der Waals surface area contributed by atoms with Crippen LogP contribution in [0, 0.1) is 5.41 Å². The fourth-order valence-electron chi connectivity index (χ4n) is 13.8. The summed E-state index contributed by atoms with van der Waals surface area (Å²) in [6, 6.07) is -2.28. The van der Waals surface area contributed by atoms with E-state index in [1.807, 2.05) is 13.0 Å². The summed E-state index contributed by atoms with van der Waals surface area (Å²) in [7, 11) is 0. The van der Waals surface area contributed by atoms with Gasteiger partial charge in [-0.15, -0.1) is 0 Å². The van der Waals surface area contributed by atoms with Crippen LogP contribution in [-0.2, 0) is 87.7 Å². The Hall–Kier alpha value is -9.84. The summed E-state index contributed by atoms with van der Waals surface area (Å²) in [5.74, 6) is -9.14. The predicted octanol–water partition coefficient (Wildman–Crippen LogP) is 1.50. The number of carbonyl (C=O) groups is 13. The smallest absolute Gasteiger partial charge is 0.303 e. The zero-order valence-corrected chi connectivity index (χ0v) is 68.2. The molecule has 0 unspecified atom stereocenters. The highest BCUT2D eigenvalue weighted by Gasteiger charge is 2.44. The molecule has 0 bridgehead atoms. The van der Waals surface area contributed by atoms with Crippen molar-refractivity contribution in [3.63, 3.8) is 0 Å². The molecule has 35 nitrogen and oxygen atoms in total. The molecule has 1 aromatic rings. The standard InChI is InChI=1S/C82H130N16O19/c1-3-4-30-62(93-79(111)67-33-26-43-97(67)72(103)56-117-49-47-115-45-42-89-71(102)55-116-48-46-114-44-41-88-69(100)34-20-13-11-9-7-5-6-8-10-12-14-21-35-73(104)105)75(107)94-64-36-37-70(101)87-39-24-22-31-61(74(83)106)91-78(110)66(51-59-53-86-38-23-16-17-27-57(59)2)95-76(108)63(32-25-40-90-82(84)85)92-77(109)65(50-58-28-18-15-19-29-58)96-80(112)68-52-60(99)54-98(68)81(64)113/h15-19,23,27-29,53,60-68,86,99H,2-14,20-22,24-26,30-52,54-56H2,1H3,(H2,83,106)(H,87,101)(H,88,100)(H,89,102)(H,91,110)(H,92,109)(H,93,111)(H,94,107)(H,95,108)(H,96,112)(H,104,105)(H4,84,85,90)/b23-16-,27-17-,59-53-/t60-,61+,62+,63+,64+,65-,66+,67+,68+/m1/s1. The number of rotatable bonds is 47. The van der Waals surface area contributed by atoms with Crippen molar-refractivity contribution >= 4 is 82.8 Å². The third kappa shape index (κ3) is 40.3. The Kier molecular flexibility index (Phi) is 47.9. The maximum absolute atomic E-state index is 15.2. The average Bonchev–Trinajstić information content (AvgIpc) is 1.62. The van der Waals surface area contributed by atoms with Crippen molar-refractivity contribution in [2.75, 3.05) is 98.7 Å². The van der Waals surface area contributed by atoms with Gasteiger partial charge in [0.25, 0.3) is 0 Å². The van der Waals surface area contributed by atoms with Crippen LogP contribution in [0.2, 0.25) is 0 Å². The molecule has 117 heavy (non-hydrogen) atoms. The number of aliphatic hydroxyl groups excluding tert-OH is 1. The molecule has 18 N–H and O–H groups in total. The van der Waals surface area contributed by atoms with Crippen LogP contribution in [0.1, 0.15) is 192 Å². The Morgan fingerprint density at radius 2 is 1.27 bits per heavy atom. The number of nitrogens with zero attached hydrogens (tertiary/aromatic N) is 2. The summed E-state index contributed by atoms with van der Waals surface area (Å²) in [6.45, 7) is 7.28. The van der Waals surface area contributed by atoms with E-state index in [2.05, 4.69) is 65.1 Å². The molecule has 0 aliphatic carbocycles. The first-order valence-corrected chi connectivity index (χ1v) is 41.7. The van der Waals surface area contributed by atoms with Crippen LogP contribution >= 0.6 is 0 Å². The molecule has 4 heterocycles. The lowest BCUT2D eigenvalue weighted by Gasteiger charge is -2.31. The lowest BCUT2D eigenvalue weighted by atomic mass is 9.98. The van der Waals surface area contributed by atoms with Gasteiger partial charge in [-0.05, 0) is 87.3 Å². The number of hydrogen-bond acceptors (Lipinski definition) is 20. The van der Waals surface area contributed by atoms with Crippen LogP contribution in [0.4, 0.5) is 0 Å². The number of carbonyl (C=O) groups excluding carboxylic acids is 12. The number of carboxylic acid groups (broad SMARTS) is 1. The Labute approximate surface area is 686 Å². The summed E-state index contributed by atoms with van der Waals surface area (Å²) < 4.78 is 22.1. The monoisotopic (exact) mass is 1640 g/mol. The van der Waals surface area contributed by atoms with E-state index < -0.39 is 133 Å². The summed E-state index contributed by atoms with van der Waals surface area (Å²) >= 11 is 0. The van der Waals surface area contributed by atoms with Gasteiger partial charge >= 0.3 is 5.97 Å². The number of ether oxygens (including phenoxy) is 4. The Morgan fingerprint density at radius 1 is 0.658 bits per heavy atom. The van der Waals surface area contributed by atoms with Crippen LogP contribution in [0.25, 0.3) is 0 Å². The van der Waals surface area contributed by atoms with Crippen molar-refractivity contribution in [2.45, 2.75) is 248 Å². The molecule has 9 atom stereocenters. The van der Waals surface area contributed by atoms with E-state index in [-0.39, 0.29) is 167 Å². The molecular weight excluding hydrogens is 1510 g/mol. The third-order valence-corrected chi connectivity index (χ3v) is 20.3. The quantitative estimate of drug-likeness (QED) is 0.0250. The molecule has 35 heteroatoms. The van der Waals surface area contributed by atoms with Gasteiger partial charge in [0.05, 0.1) is 45.7 Å². The maximum atomic E-state index is 15.2. The van der Waals surface area contributed by atoms with E-state index >= 15 is 4.79 Å². The molecule has 3 saturated heterocycles. The van der Waals surface area contributed by atoms with Crippen LogP contribution in [-0.4, -0.2) is 256 Å². The average molecular weight is 1640 g/mol. The molecular formula is C82H130N16O19. The lowest BCUT2D eigenvalue weighted by molar-refractivity contribution is -0.144. The first-order valence-electron chi connectivity index (χ1n) is 41.7. The minimum atomic E-state index is -1.55. The van der Waals surface area contributed by atoms with Crippen molar-refractivity contribution in [1.82, 2.24) is 68.3 Å². The van der Waals surface area contributed by atoms with Gasteiger partial charge in [0.1, 0.15) is 61.5 Å². The summed E-state index contributed by atoms with van der Waals surface area (Å²) in [4.78, 5) is 181. The molecule has 0 radical (unpaired) electrons. The zero-order valence-electron chi connectivity index (χ0n) is 68.2. The Morgan fingerprint density at radius 3 is 1.94 bits per heavy atom. The lowest BCUT2D eigenvalue weighted by Crippen LogP contribution is -2.60. The first kappa shape index (κ1) is 97.7. The second-order valence-electron chi connectivity index (χ2n) is 29.9. The van der Waals surface area contributed by atoms with Gasteiger partial charge in [-0.1, -0.05) is 145 Å². The van der Waals surface area contributed by atoms with Crippen molar-refractivity contribution in [2.24, 2.45) is 11.5 Å². The number of allylic oxidation sites excluding steroid dienone is 4. The Balaban J connectivity index is 1.15. The van der Waals surface area contributed by atoms with Gasteiger partial charge in [0.2, 0.25) is 70.9 Å². The molecule has 0 saturated carbocycles. The van der Waals surface area contributed by atoms with Crippen LogP contribution < -0.4 is 70.0 Å². The van der Waals surface area contributed by atoms with Gasteiger partial charge in [-0.2, -0.15) is 0 Å². The number of amides is 12. The highest BCUT2D eigenvalue weighted by Crippen LogP contribution is 2.24. The van der Waals surface area contributed by atoms with Crippen LogP contribution in [0.3, 0.4) is 0 Å². The Bertz CT molecular complexity index is 3440. The third-order valence-electron chi connectivity index (χ3n) is 20.3. The SMILES string of the molecule is C=C1/C=C\C=C/CN/C=C\1C[C@@H]1NC(=O)[C@H](CCCNC(=N)N)NC(=O)[C@@H](Cc2ccccc2)NC(=O)[C@@H]2C[C@@H](O)CN2C(=O)[C@@H](NC(=O)[C@H](CCCC)NC(=O)[C@@H]2CCCN2C(=O)COCCOCCNC(=O)COCCOCCNC(=O)CCCCCCCCCCCCCCC(=O)O)CCC(=O)NCCCC[C@@H](C(N)=O)NC1=O. The van der Waals surface area contributed by atoms with Gasteiger partial charge < -0.3 is 109 Å². The minimum absolute atomic E-state index is 0.00446. The van der Waals surface area contributed by atoms with Crippen molar-refractivity contribution in [1.29, 1.82) is 5.41 Å². The number of nitrogens with two attached hydrogens (primary N) is 2. The molecule has 5 rings (SSSR count). The number of unbranched alkanes of at least 4 members (excludes halogenated alkanes) is 12. The summed E-state index contributed by atoms with van der Waals surface area (Å²) in [5.41, 5.74) is 13.0. The largest absolute Gasteiger partial charge is 0.481 e. The molecule has 4 aliphatic heterocycles. The van der Waals surface area contributed by atoms with E-state index in [4.69, 9.17) is 40.9 Å². The van der Waals surface area contributed by atoms with E-state index in [1.165, 1.54) is 30.6 Å². The van der Waals surface area contributed by atoms with Gasteiger partial charge in [0, 0.05) is 90.5 Å². The number of fused-ring (bicyclic) bond motifs is 1. The maximum Gasteiger partial charge on any atom is 0.303 e. The van der Waals surface area contributed by atoms with Gasteiger partial charge in [-0.25, -0.2) is 0 Å². The minimum Gasteiger partial charge on any atom is -0.481 e. The number of guanidine groups is 1. The number of benzene rings is 1. The fourth-order valence-corrected chi connectivity index (χ4v) is 13.8. The normalized spacial score (nSPS) is 22.0. The second-order valence-corrected chi connectivity index (χ2v) is 29.9.